The van der Waals surface area contributed by atoms with Crippen LogP contribution in [0.15, 0.2) is 66.2 Å². The zero-order valence-electron chi connectivity index (χ0n) is 16.5. The fourth-order valence-electron chi connectivity index (χ4n) is 4.50. The fourth-order valence-corrected chi connectivity index (χ4v) is 4.50. The predicted octanol–water partition coefficient (Wildman–Crippen LogP) is 4.49. The van der Waals surface area contributed by atoms with Gasteiger partial charge in [0.1, 0.15) is 5.75 Å². The van der Waals surface area contributed by atoms with Gasteiger partial charge in [-0.15, -0.1) is 0 Å². The first-order chi connectivity index (χ1) is 13.2. The van der Waals surface area contributed by atoms with E-state index < -0.39 is 0 Å². The summed E-state index contributed by atoms with van der Waals surface area (Å²) in [4.78, 5) is 5.39. The first kappa shape index (κ1) is 18.3. The van der Waals surface area contributed by atoms with E-state index in [4.69, 9.17) is 4.74 Å². The average molecular weight is 363 g/mol. The molecule has 1 saturated heterocycles. The van der Waals surface area contributed by atoms with Crippen molar-refractivity contribution >= 4 is 0 Å². The second kappa shape index (κ2) is 8.28. The van der Waals surface area contributed by atoms with E-state index >= 15 is 0 Å². The lowest BCUT2D eigenvalue weighted by Crippen LogP contribution is -2.58. The minimum Gasteiger partial charge on any atom is -0.497 e. The van der Waals surface area contributed by atoms with Crippen molar-refractivity contribution in [3.63, 3.8) is 0 Å². The van der Waals surface area contributed by atoms with Gasteiger partial charge in [0.05, 0.1) is 7.11 Å². The summed E-state index contributed by atoms with van der Waals surface area (Å²) in [6.07, 6.45) is 4.92. The molecule has 142 valence electrons. The molecule has 0 N–H and O–H groups in total. The third-order valence-electron chi connectivity index (χ3n) is 6.07. The van der Waals surface area contributed by atoms with Crippen LogP contribution in [0.4, 0.5) is 0 Å². The molecule has 2 aromatic rings. The van der Waals surface area contributed by atoms with Gasteiger partial charge < -0.3 is 4.74 Å². The molecule has 0 aliphatic carbocycles. The molecule has 0 radical (unpaired) electrons. The highest BCUT2D eigenvalue weighted by molar-refractivity contribution is 5.28. The maximum Gasteiger partial charge on any atom is 0.118 e. The summed E-state index contributed by atoms with van der Waals surface area (Å²) in [6, 6.07) is 20.6. The van der Waals surface area contributed by atoms with Crippen LogP contribution in [0.2, 0.25) is 0 Å². The average Bonchev–Trinajstić information content (AvgIpc) is 2.69. The lowest BCUT2D eigenvalue weighted by molar-refractivity contribution is 0.0249. The fraction of sp³-hybridized carbons (Fsp3) is 0.417. The highest BCUT2D eigenvalue weighted by Crippen LogP contribution is 2.29. The molecular weight excluding hydrogens is 332 g/mol. The topological polar surface area (TPSA) is 15.7 Å². The Morgan fingerprint density at radius 3 is 2.33 bits per heavy atom. The van der Waals surface area contributed by atoms with Crippen molar-refractivity contribution in [2.45, 2.75) is 44.9 Å². The number of piperazine rings is 1. The summed E-state index contributed by atoms with van der Waals surface area (Å²) in [5.41, 5.74) is 4.32. The number of methoxy groups -OCH3 is 1. The molecule has 2 atom stereocenters. The van der Waals surface area contributed by atoms with E-state index in [1.807, 2.05) is 0 Å². The number of rotatable bonds is 5. The molecule has 2 bridgehead atoms. The van der Waals surface area contributed by atoms with Crippen LogP contribution in [0.25, 0.3) is 0 Å². The van der Waals surface area contributed by atoms with Gasteiger partial charge in [0, 0.05) is 38.3 Å². The van der Waals surface area contributed by atoms with Crippen LogP contribution in [0.5, 0.6) is 5.75 Å². The summed E-state index contributed by atoms with van der Waals surface area (Å²) in [7, 11) is 1.72. The quantitative estimate of drug-likeness (QED) is 0.729. The summed E-state index contributed by atoms with van der Waals surface area (Å²) in [6.45, 7) is 6.66. The predicted molar refractivity (Wildman–Crippen MR) is 111 cm³/mol. The first-order valence-corrected chi connectivity index (χ1v) is 10.0. The molecule has 3 heterocycles. The van der Waals surface area contributed by atoms with Gasteiger partial charge in [0.15, 0.2) is 0 Å². The van der Waals surface area contributed by atoms with Gasteiger partial charge in [-0.2, -0.15) is 0 Å². The number of hydrogen-bond donors (Lipinski definition) is 0. The molecule has 3 aliphatic heterocycles. The number of benzene rings is 2. The molecule has 3 nitrogen and oxygen atoms in total. The highest BCUT2D eigenvalue weighted by Gasteiger charge is 2.35. The van der Waals surface area contributed by atoms with Crippen molar-refractivity contribution in [2.24, 2.45) is 0 Å². The molecule has 0 unspecified atom stereocenters. The molecule has 2 aromatic carbocycles. The monoisotopic (exact) mass is 362 g/mol. The number of hydrogen-bond acceptors (Lipinski definition) is 3. The van der Waals surface area contributed by atoms with E-state index in [2.05, 4.69) is 77.4 Å². The van der Waals surface area contributed by atoms with E-state index in [1.165, 1.54) is 29.5 Å². The van der Waals surface area contributed by atoms with Crippen molar-refractivity contribution in [3.8, 4) is 5.75 Å². The van der Waals surface area contributed by atoms with Gasteiger partial charge in [-0.25, -0.2) is 0 Å². The third kappa shape index (κ3) is 4.26. The minimum absolute atomic E-state index is 0.507. The van der Waals surface area contributed by atoms with Gasteiger partial charge in [0.25, 0.3) is 0 Å². The van der Waals surface area contributed by atoms with Gasteiger partial charge in [-0.05, 0) is 43.0 Å². The van der Waals surface area contributed by atoms with E-state index in [1.54, 1.807) is 7.11 Å². The van der Waals surface area contributed by atoms with E-state index in [9.17, 15) is 0 Å². The lowest BCUT2D eigenvalue weighted by Gasteiger charge is -2.48. The molecule has 3 aliphatic rings. The molecule has 3 heteroatoms. The van der Waals surface area contributed by atoms with Gasteiger partial charge >= 0.3 is 0 Å². The normalized spacial score (nSPS) is 25.5. The Kier molecular flexibility index (Phi) is 5.61. The molecule has 0 saturated carbocycles. The van der Waals surface area contributed by atoms with Gasteiger partial charge in [-0.1, -0.05) is 54.1 Å². The second-order valence-corrected chi connectivity index (χ2v) is 7.89. The zero-order chi connectivity index (χ0) is 18.6. The SMILES string of the molecule is COc1ccc(CN2C[C@@H]3CC/C=C(/C)[C@H]2CN3Cc2ccccc2)cc1. The summed E-state index contributed by atoms with van der Waals surface area (Å²) in [5, 5.41) is 0. The molecule has 5 rings (SSSR count). The second-order valence-electron chi connectivity index (χ2n) is 7.89. The van der Waals surface area contributed by atoms with Crippen molar-refractivity contribution in [3.05, 3.63) is 77.4 Å². The van der Waals surface area contributed by atoms with Crippen LogP contribution < -0.4 is 4.74 Å². The highest BCUT2D eigenvalue weighted by atomic mass is 16.5. The van der Waals surface area contributed by atoms with Crippen molar-refractivity contribution in [1.82, 2.24) is 9.80 Å². The number of nitrogens with zero attached hydrogens (tertiary/aromatic N) is 2. The van der Waals surface area contributed by atoms with E-state index in [-0.39, 0.29) is 0 Å². The largest absolute Gasteiger partial charge is 0.497 e. The Morgan fingerprint density at radius 2 is 1.59 bits per heavy atom. The molecule has 27 heavy (non-hydrogen) atoms. The van der Waals surface area contributed by atoms with Crippen LogP contribution in [-0.2, 0) is 13.1 Å². The smallest absolute Gasteiger partial charge is 0.118 e. The van der Waals surface area contributed by atoms with Crippen molar-refractivity contribution < 1.29 is 4.74 Å². The summed E-state index contributed by atoms with van der Waals surface area (Å²) in [5.74, 6) is 0.929. The van der Waals surface area contributed by atoms with Crippen LogP contribution in [0, 0.1) is 0 Å². The van der Waals surface area contributed by atoms with Crippen LogP contribution in [-0.4, -0.2) is 42.1 Å². The number of fused-ring (bicyclic) bond motifs is 4. The van der Waals surface area contributed by atoms with Crippen molar-refractivity contribution in [1.29, 1.82) is 0 Å². The van der Waals surface area contributed by atoms with Crippen LogP contribution in [0.1, 0.15) is 30.9 Å². The number of ether oxygens (including phenoxy) is 1. The van der Waals surface area contributed by atoms with Crippen LogP contribution in [0.3, 0.4) is 0 Å². The molecular formula is C24H30N2O. The Hall–Kier alpha value is -2.10. The maximum absolute atomic E-state index is 5.30. The Bertz CT molecular complexity index is 769. The lowest BCUT2D eigenvalue weighted by atomic mass is 9.92. The van der Waals surface area contributed by atoms with Crippen LogP contribution >= 0.6 is 0 Å². The maximum atomic E-state index is 5.30. The van der Waals surface area contributed by atoms with E-state index in [0.717, 1.165) is 31.9 Å². The molecule has 0 amide bonds. The Labute approximate surface area is 163 Å². The summed E-state index contributed by atoms with van der Waals surface area (Å²) >= 11 is 0. The third-order valence-corrected chi connectivity index (χ3v) is 6.07. The Balaban J connectivity index is 1.51. The molecule has 0 spiro atoms. The zero-order valence-corrected chi connectivity index (χ0v) is 16.5. The molecule has 0 aromatic heterocycles. The standard InChI is InChI=1S/C24H30N2O/c1-19-7-6-10-22-17-26(16-21-11-13-23(27-2)14-12-21)24(19)18-25(22)15-20-8-4-3-5-9-20/h3-5,7-9,11-14,22,24H,6,10,15-18H2,1-2H3/b19-7-/t22-,24+/m0/s1. The Morgan fingerprint density at radius 1 is 0.889 bits per heavy atom. The first-order valence-electron chi connectivity index (χ1n) is 10.0. The van der Waals surface area contributed by atoms with Crippen molar-refractivity contribution in [2.75, 3.05) is 20.2 Å². The van der Waals surface area contributed by atoms with Gasteiger partial charge in [-0.3, -0.25) is 9.80 Å². The van der Waals surface area contributed by atoms with E-state index in [0.29, 0.717) is 12.1 Å². The minimum atomic E-state index is 0.507. The summed E-state index contributed by atoms with van der Waals surface area (Å²) < 4.78 is 5.30. The molecule has 1 fully saturated rings. The number of allylic oxidation sites excluding steroid dienone is 1. The van der Waals surface area contributed by atoms with Gasteiger partial charge in [0.2, 0.25) is 0 Å².